The summed E-state index contributed by atoms with van der Waals surface area (Å²) in [6.07, 6.45) is 3.02. The highest BCUT2D eigenvalue weighted by Crippen LogP contribution is 2.16. The highest BCUT2D eigenvalue weighted by Gasteiger charge is 2.15. The lowest BCUT2D eigenvalue weighted by atomic mass is 10.2. The molecule has 10 heteroatoms. The molecule has 1 amide bonds. The third kappa shape index (κ3) is 5.88. The van der Waals surface area contributed by atoms with Crippen LogP contribution in [0.15, 0.2) is 90.1 Å². The Morgan fingerprint density at radius 1 is 0.971 bits per heavy atom. The molecule has 0 aliphatic rings. The van der Waals surface area contributed by atoms with Crippen LogP contribution < -0.4 is 10.0 Å². The number of sulfonamides is 1. The summed E-state index contributed by atoms with van der Waals surface area (Å²) in [7, 11) is -3.82. The zero-order chi connectivity index (χ0) is 24.1. The molecule has 0 bridgehead atoms. The minimum Gasteiger partial charge on any atom is -0.348 e. The molecule has 4 aromatic rings. The minimum atomic E-state index is -3.82. The predicted molar refractivity (Wildman–Crippen MR) is 127 cm³/mol. The Hall–Kier alpha value is -3.53. The number of hydrogen-bond acceptors (Lipinski definition) is 4. The van der Waals surface area contributed by atoms with E-state index < -0.39 is 15.8 Å². The van der Waals surface area contributed by atoms with Gasteiger partial charge in [0.05, 0.1) is 22.3 Å². The molecule has 0 spiro atoms. The second kappa shape index (κ2) is 10.2. The molecule has 1 heterocycles. The van der Waals surface area contributed by atoms with E-state index in [1.807, 2.05) is 6.07 Å². The molecule has 0 saturated carbocycles. The SMILES string of the molecule is O=C(NCc1cccc(S(=O)(=O)NCc2cccc(F)c2)c1)c1cnn(-c2cccc(Cl)c2)c1. The number of benzene rings is 3. The van der Waals surface area contributed by atoms with Crippen molar-refractivity contribution in [3.63, 3.8) is 0 Å². The van der Waals surface area contributed by atoms with Crippen molar-refractivity contribution < 1.29 is 17.6 Å². The number of amides is 1. The number of aromatic nitrogens is 2. The summed E-state index contributed by atoms with van der Waals surface area (Å²) in [4.78, 5) is 12.6. The molecule has 1 aromatic heterocycles. The molecule has 3 aromatic carbocycles. The van der Waals surface area contributed by atoms with Crippen LogP contribution in [0.1, 0.15) is 21.5 Å². The van der Waals surface area contributed by atoms with Crippen molar-refractivity contribution in [3.8, 4) is 5.69 Å². The Bertz CT molecular complexity index is 1440. The van der Waals surface area contributed by atoms with Crippen molar-refractivity contribution >= 4 is 27.5 Å². The van der Waals surface area contributed by atoms with Gasteiger partial charge in [-0.1, -0.05) is 41.9 Å². The van der Waals surface area contributed by atoms with Crippen molar-refractivity contribution in [1.82, 2.24) is 19.8 Å². The van der Waals surface area contributed by atoms with Gasteiger partial charge in [0.25, 0.3) is 5.91 Å². The number of carbonyl (C=O) groups is 1. The number of nitrogens with one attached hydrogen (secondary N) is 2. The van der Waals surface area contributed by atoms with Crippen molar-refractivity contribution in [2.24, 2.45) is 0 Å². The van der Waals surface area contributed by atoms with Crippen LogP contribution in [-0.2, 0) is 23.1 Å². The average molecular weight is 499 g/mol. The first-order valence-electron chi connectivity index (χ1n) is 10.2. The molecule has 2 N–H and O–H groups in total. The van der Waals surface area contributed by atoms with Crippen LogP contribution in [0.5, 0.6) is 0 Å². The standard InChI is InChI=1S/C24H20ClFN4O3S/c25-20-6-3-8-22(12-20)30-16-19(15-28-30)24(31)27-13-18-5-2-9-23(11-18)34(32,33)29-14-17-4-1-7-21(26)10-17/h1-12,15-16,29H,13-14H2,(H,27,31). The third-order valence-corrected chi connectivity index (χ3v) is 6.57. The quantitative estimate of drug-likeness (QED) is 0.383. The molecule has 0 aliphatic heterocycles. The van der Waals surface area contributed by atoms with Gasteiger partial charge in [-0.2, -0.15) is 5.10 Å². The fraction of sp³-hybridized carbons (Fsp3) is 0.0833. The van der Waals surface area contributed by atoms with E-state index in [-0.39, 0.29) is 23.9 Å². The monoisotopic (exact) mass is 498 g/mol. The van der Waals surface area contributed by atoms with E-state index in [4.69, 9.17) is 11.6 Å². The fourth-order valence-corrected chi connectivity index (χ4v) is 4.49. The Balaban J connectivity index is 1.39. The van der Waals surface area contributed by atoms with E-state index in [2.05, 4.69) is 15.1 Å². The molecule has 0 atom stereocenters. The second-order valence-corrected chi connectivity index (χ2v) is 9.64. The largest absolute Gasteiger partial charge is 0.348 e. The van der Waals surface area contributed by atoms with Crippen LogP contribution >= 0.6 is 11.6 Å². The first-order valence-corrected chi connectivity index (χ1v) is 12.1. The second-order valence-electron chi connectivity index (χ2n) is 7.44. The number of rotatable bonds is 8. The molecule has 0 aliphatic carbocycles. The van der Waals surface area contributed by atoms with Crippen LogP contribution in [0.25, 0.3) is 5.69 Å². The van der Waals surface area contributed by atoms with Gasteiger partial charge in [0.15, 0.2) is 0 Å². The van der Waals surface area contributed by atoms with E-state index >= 15 is 0 Å². The zero-order valence-corrected chi connectivity index (χ0v) is 19.4. The van der Waals surface area contributed by atoms with E-state index in [9.17, 15) is 17.6 Å². The summed E-state index contributed by atoms with van der Waals surface area (Å²) in [5.41, 5.74) is 2.17. The summed E-state index contributed by atoms with van der Waals surface area (Å²) in [6.45, 7) is 0.0755. The molecule has 4 rings (SSSR count). The molecule has 34 heavy (non-hydrogen) atoms. The Morgan fingerprint density at radius 2 is 1.71 bits per heavy atom. The van der Waals surface area contributed by atoms with Crippen LogP contribution in [0, 0.1) is 5.82 Å². The third-order valence-electron chi connectivity index (χ3n) is 4.93. The van der Waals surface area contributed by atoms with Gasteiger partial charge in [0.1, 0.15) is 5.82 Å². The maximum absolute atomic E-state index is 13.3. The molecule has 7 nitrogen and oxygen atoms in total. The maximum atomic E-state index is 13.3. The highest BCUT2D eigenvalue weighted by atomic mass is 35.5. The lowest BCUT2D eigenvalue weighted by Crippen LogP contribution is -2.24. The number of halogens is 2. The van der Waals surface area contributed by atoms with Crippen molar-refractivity contribution in [1.29, 1.82) is 0 Å². The van der Waals surface area contributed by atoms with Gasteiger partial charge >= 0.3 is 0 Å². The lowest BCUT2D eigenvalue weighted by Gasteiger charge is -2.09. The lowest BCUT2D eigenvalue weighted by molar-refractivity contribution is 0.0951. The first-order chi connectivity index (χ1) is 16.3. The van der Waals surface area contributed by atoms with Gasteiger partial charge in [-0.3, -0.25) is 4.79 Å². The van der Waals surface area contributed by atoms with Gasteiger partial charge in [0, 0.05) is 24.3 Å². The molecule has 0 radical (unpaired) electrons. The smallest absolute Gasteiger partial charge is 0.254 e. The van der Waals surface area contributed by atoms with Crippen molar-refractivity contribution in [3.05, 3.63) is 113 Å². The molecule has 0 unspecified atom stereocenters. The highest BCUT2D eigenvalue weighted by molar-refractivity contribution is 7.89. The molecular formula is C24H20ClFN4O3S. The fourth-order valence-electron chi connectivity index (χ4n) is 3.22. The van der Waals surface area contributed by atoms with Crippen LogP contribution in [0.2, 0.25) is 5.02 Å². The van der Waals surface area contributed by atoms with E-state index in [0.29, 0.717) is 21.7 Å². The van der Waals surface area contributed by atoms with E-state index in [1.54, 1.807) is 42.6 Å². The zero-order valence-electron chi connectivity index (χ0n) is 17.8. The topological polar surface area (TPSA) is 93.1 Å². The maximum Gasteiger partial charge on any atom is 0.254 e. The van der Waals surface area contributed by atoms with Crippen LogP contribution in [0.3, 0.4) is 0 Å². The van der Waals surface area contributed by atoms with Crippen molar-refractivity contribution in [2.75, 3.05) is 0 Å². The molecule has 174 valence electrons. The summed E-state index contributed by atoms with van der Waals surface area (Å²) < 4.78 is 42.6. The predicted octanol–water partition coefficient (Wildman–Crippen LogP) is 4.07. The summed E-state index contributed by atoms with van der Waals surface area (Å²) >= 11 is 6.00. The number of hydrogen-bond donors (Lipinski definition) is 2. The first kappa shape index (κ1) is 23.6. The van der Waals surface area contributed by atoms with Crippen LogP contribution in [-0.4, -0.2) is 24.1 Å². The molecule has 0 fully saturated rings. The Kier molecular flexibility index (Phi) is 7.06. The summed E-state index contributed by atoms with van der Waals surface area (Å²) in [6, 6.07) is 19.0. The summed E-state index contributed by atoms with van der Waals surface area (Å²) in [5, 5.41) is 7.50. The molecular weight excluding hydrogens is 479 g/mol. The Morgan fingerprint density at radius 3 is 2.47 bits per heavy atom. The normalized spacial score (nSPS) is 11.4. The number of carbonyl (C=O) groups excluding carboxylic acids is 1. The number of nitrogens with zero attached hydrogens (tertiary/aromatic N) is 2. The van der Waals surface area contributed by atoms with Gasteiger partial charge in [-0.25, -0.2) is 22.2 Å². The average Bonchev–Trinajstić information content (AvgIpc) is 3.32. The summed E-state index contributed by atoms with van der Waals surface area (Å²) in [5.74, 6) is -0.793. The van der Waals surface area contributed by atoms with Crippen LogP contribution in [0.4, 0.5) is 4.39 Å². The van der Waals surface area contributed by atoms with Gasteiger partial charge in [-0.05, 0) is 53.6 Å². The molecule has 0 saturated heterocycles. The van der Waals surface area contributed by atoms with Gasteiger partial charge in [-0.15, -0.1) is 0 Å². The van der Waals surface area contributed by atoms with E-state index in [1.165, 1.54) is 41.2 Å². The van der Waals surface area contributed by atoms with E-state index in [0.717, 1.165) is 5.69 Å². The minimum absolute atomic E-state index is 0.0440. The van der Waals surface area contributed by atoms with Gasteiger partial charge < -0.3 is 5.32 Å². The Labute approximate surface area is 201 Å². The van der Waals surface area contributed by atoms with Gasteiger partial charge in [0.2, 0.25) is 10.0 Å². The van der Waals surface area contributed by atoms with Crippen molar-refractivity contribution in [2.45, 2.75) is 18.0 Å².